The van der Waals surface area contributed by atoms with Crippen LogP contribution in [0.15, 0.2) is 0 Å². The molecular formula is C15F18O3. The molecule has 1 aromatic carbocycles. The van der Waals surface area contributed by atoms with Gasteiger partial charge in [-0.3, -0.25) is 0 Å². The van der Waals surface area contributed by atoms with Crippen LogP contribution in [-0.2, 0) is 10.7 Å². The minimum Gasteiger partial charge on any atom is -0.386 e. The minimum atomic E-state index is -8.76. The molecule has 0 unspecified atom stereocenters. The van der Waals surface area contributed by atoms with Crippen LogP contribution in [0.1, 0.15) is 26.3 Å². The van der Waals surface area contributed by atoms with Crippen molar-refractivity contribution in [1.29, 1.82) is 0 Å². The van der Waals surface area contributed by atoms with Crippen LogP contribution in [0.5, 0.6) is 0 Å². The molecule has 1 aliphatic rings. The van der Waals surface area contributed by atoms with E-state index in [2.05, 4.69) is 4.74 Å². The van der Waals surface area contributed by atoms with Gasteiger partial charge in [-0.25, -0.2) is 22.8 Å². The summed E-state index contributed by atoms with van der Waals surface area (Å²) < 4.78 is 244. The summed E-state index contributed by atoms with van der Waals surface area (Å²) in [5, 5.41) is 0. The fourth-order valence-electron chi connectivity index (χ4n) is 2.66. The van der Waals surface area contributed by atoms with Crippen LogP contribution in [0.4, 0.5) is 79.0 Å². The maximum absolute atomic E-state index is 14.3. The summed E-state index contributed by atoms with van der Waals surface area (Å²) in [6.07, 6.45) is -7.87. The van der Waals surface area contributed by atoms with Crippen molar-refractivity contribution in [3.63, 3.8) is 0 Å². The van der Waals surface area contributed by atoms with Crippen molar-refractivity contribution in [2.45, 2.75) is 41.7 Å². The van der Waals surface area contributed by atoms with Crippen molar-refractivity contribution in [2.24, 2.45) is 0 Å². The number of esters is 2. The van der Waals surface area contributed by atoms with Gasteiger partial charge in [-0.2, -0.15) is 65.9 Å². The van der Waals surface area contributed by atoms with Gasteiger partial charge in [0.2, 0.25) is 0 Å². The second-order valence-electron chi connectivity index (χ2n) is 6.69. The molecule has 1 aliphatic heterocycles. The predicted molar refractivity (Wildman–Crippen MR) is 70.7 cm³/mol. The van der Waals surface area contributed by atoms with Crippen LogP contribution in [-0.4, -0.2) is 47.7 Å². The smallest absolute Gasteiger partial charge is 0.386 e. The molecule has 0 aliphatic carbocycles. The van der Waals surface area contributed by atoms with E-state index in [0.29, 0.717) is 0 Å². The first-order chi connectivity index (χ1) is 15.7. The van der Waals surface area contributed by atoms with E-state index < -0.39 is 87.8 Å². The molecule has 0 fully saturated rings. The topological polar surface area (TPSA) is 43.4 Å². The third kappa shape index (κ3) is 3.25. The SMILES string of the molecule is O=C1OC(=O)c2c1c(F)c(F)c(F)c2C(F)(F)C(F)(F)C(F)(F)C(F)(F)C(F)(F)C(F)(F)C(F)(F)F. The summed E-state index contributed by atoms with van der Waals surface area (Å²) in [5.74, 6) is -66.0. The molecule has 0 bridgehead atoms. The lowest BCUT2D eigenvalue weighted by molar-refractivity contribution is -0.453. The first kappa shape index (κ1) is 29.3. The third-order valence-electron chi connectivity index (χ3n) is 4.56. The maximum Gasteiger partial charge on any atom is 0.460 e. The van der Waals surface area contributed by atoms with E-state index in [1.54, 1.807) is 0 Å². The van der Waals surface area contributed by atoms with E-state index >= 15 is 0 Å². The lowest BCUT2D eigenvalue weighted by atomic mass is 9.86. The molecule has 36 heavy (non-hydrogen) atoms. The quantitative estimate of drug-likeness (QED) is 0.176. The number of benzene rings is 1. The zero-order chi connectivity index (χ0) is 28.8. The Bertz CT molecular complexity index is 1130. The fourth-order valence-corrected chi connectivity index (χ4v) is 2.66. The number of halogens is 18. The van der Waals surface area contributed by atoms with Crippen LogP contribution in [0.25, 0.3) is 0 Å². The second kappa shape index (κ2) is 7.56. The molecule has 2 rings (SSSR count). The Hall–Kier alpha value is -2.90. The van der Waals surface area contributed by atoms with Gasteiger partial charge in [0.1, 0.15) is 5.56 Å². The van der Waals surface area contributed by atoms with Gasteiger partial charge in [-0.15, -0.1) is 0 Å². The molecule has 0 spiro atoms. The van der Waals surface area contributed by atoms with Crippen LogP contribution in [0.3, 0.4) is 0 Å². The average molecular weight is 570 g/mol. The largest absolute Gasteiger partial charge is 0.460 e. The number of hydrogen-bond acceptors (Lipinski definition) is 3. The molecule has 0 amide bonds. The zero-order valence-corrected chi connectivity index (χ0v) is 15.5. The zero-order valence-electron chi connectivity index (χ0n) is 15.5. The molecule has 3 nitrogen and oxygen atoms in total. The molecule has 1 heterocycles. The second-order valence-corrected chi connectivity index (χ2v) is 6.69. The van der Waals surface area contributed by atoms with Gasteiger partial charge < -0.3 is 4.74 Å². The molecule has 0 saturated heterocycles. The van der Waals surface area contributed by atoms with Gasteiger partial charge in [0.25, 0.3) is 0 Å². The molecule has 0 aromatic heterocycles. The van der Waals surface area contributed by atoms with Crippen molar-refractivity contribution in [3.05, 3.63) is 34.1 Å². The van der Waals surface area contributed by atoms with E-state index in [1.807, 2.05) is 0 Å². The van der Waals surface area contributed by atoms with Gasteiger partial charge in [-0.1, -0.05) is 0 Å². The van der Waals surface area contributed by atoms with Gasteiger partial charge in [-0.05, 0) is 0 Å². The van der Waals surface area contributed by atoms with E-state index in [1.165, 1.54) is 0 Å². The van der Waals surface area contributed by atoms with Crippen molar-refractivity contribution in [3.8, 4) is 0 Å². The minimum absolute atomic E-state index is 2.49. The highest BCUT2D eigenvalue weighted by molar-refractivity contribution is 6.15. The number of fused-ring (bicyclic) bond motifs is 1. The van der Waals surface area contributed by atoms with Crippen molar-refractivity contribution >= 4 is 11.9 Å². The van der Waals surface area contributed by atoms with Crippen LogP contribution >= 0.6 is 0 Å². The number of carbonyl (C=O) groups excluding carboxylic acids is 2. The Morgan fingerprint density at radius 2 is 0.806 bits per heavy atom. The molecule has 204 valence electrons. The average Bonchev–Trinajstić information content (AvgIpc) is 2.98. The molecule has 0 saturated carbocycles. The van der Waals surface area contributed by atoms with Crippen LogP contribution < -0.4 is 0 Å². The van der Waals surface area contributed by atoms with E-state index in [-0.39, 0.29) is 0 Å². The standard InChI is InChI=1S/C15F18O3/c16-4-2-1(7(34)36-8(2)35)3(5(17)6(4)18)9(19,20)10(21,22)11(23,24)12(25,26)13(27,28)14(29,30)15(31,32)33. The Labute approximate surface area is 182 Å². The van der Waals surface area contributed by atoms with Gasteiger partial charge >= 0.3 is 53.7 Å². The van der Waals surface area contributed by atoms with Gasteiger partial charge in [0, 0.05) is 0 Å². The Kier molecular flexibility index (Phi) is 6.16. The molecule has 0 N–H and O–H groups in total. The Morgan fingerprint density at radius 3 is 1.22 bits per heavy atom. The highest BCUT2D eigenvalue weighted by atomic mass is 19.4. The van der Waals surface area contributed by atoms with Gasteiger partial charge in [0.15, 0.2) is 17.5 Å². The lowest BCUT2D eigenvalue weighted by Crippen LogP contribution is -2.72. The van der Waals surface area contributed by atoms with Crippen LogP contribution in [0.2, 0.25) is 0 Å². The molecule has 21 heteroatoms. The number of carbonyl (C=O) groups is 2. The first-order valence-corrected chi connectivity index (χ1v) is 7.97. The molecule has 0 radical (unpaired) electrons. The van der Waals surface area contributed by atoms with E-state index in [4.69, 9.17) is 0 Å². The summed E-state index contributed by atoms with van der Waals surface area (Å²) in [6.45, 7) is 0. The Balaban J connectivity index is 2.89. The lowest BCUT2D eigenvalue weighted by Gasteiger charge is -2.41. The summed E-state index contributed by atoms with van der Waals surface area (Å²) in [6, 6.07) is 0. The highest BCUT2D eigenvalue weighted by Crippen LogP contribution is 2.64. The Morgan fingerprint density at radius 1 is 0.444 bits per heavy atom. The van der Waals surface area contributed by atoms with Crippen molar-refractivity contribution in [2.75, 3.05) is 0 Å². The molecule has 1 aromatic rings. The highest BCUT2D eigenvalue weighted by Gasteiger charge is 2.93. The molecular weight excluding hydrogens is 570 g/mol. The number of ether oxygens (including phenoxy) is 1. The number of rotatable bonds is 6. The fraction of sp³-hybridized carbons (Fsp3) is 0.467. The number of alkyl halides is 15. The normalized spacial score (nSPS) is 16.4. The predicted octanol–water partition coefficient (Wildman–Crippen LogP) is 6.25. The van der Waals surface area contributed by atoms with Crippen molar-refractivity contribution < 1.29 is 93.4 Å². The number of hydrogen-bond donors (Lipinski definition) is 0. The first-order valence-electron chi connectivity index (χ1n) is 7.97. The van der Waals surface area contributed by atoms with Gasteiger partial charge in [0.05, 0.1) is 11.1 Å². The number of cyclic esters (lactones) is 2. The van der Waals surface area contributed by atoms with Crippen molar-refractivity contribution in [1.82, 2.24) is 0 Å². The van der Waals surface area contributed by atoms with E-state index in [9.17, 15) is 88.6 Å². The molecule has 0 atom stereocenters. The third-order valence-corrected chi connectivity index (χ3v) is 4.56. The van der Waals surface area contributed by atoms with Crippen LogP contribution in [0, 0.1) is 17.5 Å². The van der Waals surface area contributed by atoms with E-state index in [0.717, 1.165) is 0 Å². The maximum atomic E-state index is 14.3. The summed E-state index contributed by atoms with van der Waals surface area (Å²) in [5.41, 5.74) is -9.21. The monoisotopic (exact) mass is 570 g/mol. The summed E-state index contributed by atoms with van der Waals surface area (Å²) in [4.78, 5) is 22.6. The summed E-state index contributed by atoms with van der Waals surface area (Å²) in [7, 11) is 0. The summed E-state index contributed by atoms with van der Waals surface area (Å²) >= 11 is 0.